The molecule has 1 aliphatic heterocycles. The molecule has 2 aromatic heterocycles. The molecule has 0 spiro atoms. The van der Waals surface area contributed by atoms with Crippen LogP contribution >= 0.6 is 0 Å². The van der Waals surface area contributed by atoms with Gasteiger partial charge in [0.05, 0.1) is 28.6 Å². The SMILES string of the molecule is [3H]c1cccc(C([3H])Oc2cc([3H])c(NC(=O)N3CCc4cc(C)c(C(F)(F)F)cc43)c([3H])n2)n1. The zero-order chi connectivity index (χ0) is 25.5. The van der Waals surface area contributed by atoms with Crippen LogP contribution in [0.2, 0.25) is 0 Å². The third-order valence-corrected chi connectivity index (χ3v) is 4.65. The summed E-state index contributed by atoms with van der Waals surface area (Å²) in [6, 6.07) is 6.76. The van der Waals surface area contributed by atoms with Gasteiger partial charge in [-0.1, -0.05) is 12.1 Å². The summed E-state index contributed by atoms with van der Waals surface area (Å²) >= 11 is 0. The minimum atomic E-state index is -4.57. The van der Waals surface area contributed by atoms with E-state index in [1.165, 1.54) is 31.2 Å². The Balaban J connectivity index is 1.53. The lowest BCUT2D eigenvalue weighted by Crippen LogP contribution is -2.33. The average molecular weight is 436 g/mol. The quantitative estimate of drug-likeness (QED) is 0.627. The van der Waals surface area contributed by atoms with Gasteiger partial charge >= 0.3 is 12.2 Å². The van der Waals surface area contributed by atoms with Gasteiger partial charge in [-0.3, -0.25) is 9.88 Å². The number of aryl methyl sites for hydroxylation is 1. The standard InChI is InChI=1S/C22H19F3N4O2/c1-14-10-15-7-9-29(19(15)11-18(14)22(23,24)25)21(30)28-16-5-6-20(27-12-16)31-13-17-4-2-3-8-26-17/h2-6,8,10-12H,7,9,13H2,1H3,(H,28,30)/i5T,8T,12T,13T. The molecule has 1 N–H and O–H groups in total. The van der Waals surface area contributed by atoms with Crippen LogP contribution in [0.25, 0.3) is 0 Å². The third-order valence-electron chi connectivity index (χ3n) is 4.65. The number of amides is 2. The molecule has 4 rings (SSSR count). The number of pyridine rings is 2. The van der Waals surface area contributed by atoms with Crippen LogP contribution in [0.4, 0.5) is 29.3 Å². The van der Waals surface area contributed by atoms with Crippen molar-refractivity contribution in [2.24, 2.45) is 0 Å². The first-order valence-corrected chi connectivity index (χ1v) is 9.24. The third kappa shape index (κ3) is 4.60. The summed E-state index contributed by atoms with van der Waals surface area (Å²) in [4.78, 5) is 21.7. The molecule has 9 heteroatoms. The van der Waals surface area contributed by atoms with Crippen molar-refractivity contribution in [2.45, 2.75) is 26.1 Å². The van der Waals surface area contributed by atoms with Crippen LogP contribution in [0.15, 0.2) is 54.8 Å². The van der Waals surface area contributed by atoms with Crippen LogP contribution in [-0.2, 0) is 19.2 Å². The maximum Gasteiger partial charge on any atom is 0.416 e. The lowest BCUT2D eigenvalue weighted by molar-refractivity contribution is -0.138. The number of anilines is 2. The van der Waals surface area contributed by atoms with Gasteiger partial charge < -0.3 is 10.1 Å². The van der Waals surface area contributed by atoms with Gasteiger partial charge in [0.25, 0.3) is 0 Å². The smallest absolute Gasteiger partial charge is 0.416 e. The first-order chi connectivity index (χ1) is 16.4. The number of benzene rings is 1. The Morgan fingerprint density at radius 1 is 1.32 bits per heavy atom. The fourth-order valence-corrected chi connectivity index (χ4v) is 3.21. The number of rotatable bonds is 4. The van der Waals surface area contributed by atoms with Crippen LogP contribution in [0.5, 0.6) is 5.88 Å². The Kier molecular flexibility index (Phi) is 4.29. The zero-order valence-electron chi connectivity index (χ0n) is 20.2. The van der Waals surface area contributed by atoms with Crippen LogP contribution in [-0.4, -0.2) is 22.5 Å². The van der Waals surface area contributed by atoms with E-state index in [9.17, 15) is 18.0 Å². The number of carbonyl (C=O) groups excluding carboxylic acids is 1. The molecule has 160 valence electrons. The molecule has 0 bridgehead atoms. The van der Waals surface area contributed by atoms with Crippen molar-refractivity contribution in [1.29, 1.82) is 0 Å². The first-order valence-electron chi connectivity index (χ1n) is 11.3. The molecule has 1 unspecified atom stereocenters. The van der Waals surface area contributed by atoms with E-state index in [2.05, 4.69) is 15.3 Å². The van der Waals surface area contributed by atoms with Gasteiger partial charge in [-0.25, -0.2) is 9.78 Å². The summed E-state index contributed by atoms with van der Waals surface area (Å²) in [5, 5.41) is 2.38. The number of hydrogen-bond acceptors (Lipinski definition) is 4. The lowest BCUT2D eigenvalue weighted by atomic mass is 10.0. The second-order valence-corrected chi connectivity index (χ2v) is 6.78. The molecule has 0 saturated heterocycles. The molecule has 6 nitrogen and oxygen atoms in total. The Hall–Kier alpha value is -3.62. The Bertz CT molecular complexity index is 1280. The maximum absolute atomic E-state index is 13.3. The highest BCUT2D eigenvalue weighted by Crippen LogP contribution is 2.38. The maximum atomic E-state index is 13.3. The molecule has 1 aliphatic rings. The van der Waals surface area contributed by atoms with E-state index in [0.29, 0.717) is 12.0 Å². The molecular weight excluding hydrogens is 409 g/mol. The number of urea groups is 1. The summed E-state index contributed by atoms with van der Waals surface area (Å²) in [6.07, 6.45) is -4.78. The van der Waals surface area contributed by atoms with Gasteiger partial charge in [0.2, 0.25) is 5.88 Å². The molecule has 1 atom stereocenters. The predicted octanol–water partition coefficient (Wildman–Crippen LogP) is 4.98. The molecule has 0 fully saturated rings. The first kappa shape index (κ1) is 16.1. The topological polar surface area (TPSA) is 67.3 Å². The summed E-state index contributed by atoms with van der Waals surface area (Å²) in [5.74, 6) is -0.230. The van der Waals surface area contributed by atoms with E-state index in [0.717, 1.165) is 17.0 Å². The van der Waals surface area contributed by atoms with Gasteiger partial charge in [-0.05, 0) is 48.7 Å². The van der Waals surface area contributed by atoms with E-state index in [1.54, 1.807) is 0 Å². The fraction of sp³-hybridized carbons (Fsp3) is 0.227. The second-order valence-electron chi connectivity index (χ2n) is 6.78. The van der Waals surface area contributed by atoms with E-state index < -0.39 is 30.5 Å². The highest BCUT2D eigenvalue weighted by atomic mass is 19.4. The molecule has 1 aromatic carbocycles. The zero-order valence-corrected chi connectivity index (χ0v) is 16.2. The second kappa shape index (κ2) is 8.25. The van der Waals surface area contributed by atoms with Crippen molar-refractivity contribution in [1.82, 2.24) is 9.97 Å². The minimum absolute atomic E-state index is 0.0577. The van der Waals surface area contributed by atoms with Crippen molar-refractivity contribution < 1.29 is 28.2 Å². The Morgan fingerprint density at radius 2 is 2.16 bits per heavy atom. The molecule has 3 heterocycles. The average Bonchev–Trinajstić information content (AvgIpc) is 3.17. The monoisotopic (exact) mass is 436 g/mol. The number of ether oxygens (including phenoxy) is 1. The van der Waals surface area contributed by atoms with E-state index >= 15 is 0 Å². The predicted molar refractivity (Wildman–Crippen MR) is 109 cm³/mol. The van der Waals surface area contributed by atoms with Crippen molar-refractivity contribution >= 4 is 17.4 Å². The molecular formula is C22H19F3N4O2. The van der Waals surface area contributed by atoms with E-state index in [-0.39, 0.29) is 47.3 Å². The van der Waals surface area contributed by atoms with Gasteiger partial charge in [0, 0.05) is 24.5 Å². The van der Waals surface area contributed by atoms with Crippen LogP contribution in [0.1, 0.15) is 27.9 Å². The summed E-state index contributed by atoms with van der Waals surface area (Å²) in [7, 11) is 0. The molecule has 3 aromatic rings. The number of aromatic nitrogens is 2. The van der Waals surface area contributed by atoms with Crippen molar-refractivity contribution in [3.05, 3.63) is 77.2 Å². The van der Waals surface area contributed by atoms with Crippen LogP contribution in [0.3, 0.4) is 0 Å². The molecule has 0 radical (unpaired) electrons. The van der Waals surface area contributed by atoms with Gasteiger partial charge in [0.1, 0.15) is 6.58 Å². The number of alkyl halides is 3. The number of nitrogens with zero attached hydrogens (tertiary/aromatic N) is 3. The Labute approximate surface area is 182 Å². The normalized spacial score (nSPS) is 15.9. The summed E-state index contributed by atoms with van der Waals surface area (Å²) in [6.45, 7) is 0.139. The highest BCUT2D eigenvalue weighted by molar-refractivity contribution is 6.03. The lowest BCUT2D eigenvalue weighted by Gasteiger charge is -2.20. The van der Waals surface area contributed by atoms with Crippen molar-refractivity contribution in [3.63, 3.8) is 0 Å². The molecule has 2 amide bonds. The largest absolute Gasteiger partial charge is 0.471 e. The molecule has 0 saturated carbocycles. The number of nitrogens with one attached hydrogen (secondary N) is 1. The van der Waals surface area contributed by atoms with Crippen LogP contribution < -0.4 is 15.0 Å². The van der Waals surface area contributed by atoms with Gasteiger partial charge in [-0.2, -0.15) is 13.2 Å². The number of fused-ring (bicyclic) bond motifs is 1. The molecule has 0 aliphatic carbocycles. The van der Waals surface area contributed by atoms with E-state index in [4.69, 9.17) is 10.2 Å². The minimum Gasteiger partial charge on any atom is -0.471 e. The summed E-state index contributed by atoms with van der Waals surface area (Å²) < 4.78 is 77.1. The number of halogens is 3. The van der Waals surface area contributed by atoms with E-state index in [1.807, 2.05) is 0 Å². The number of carbonyl (C=O) groups is 1. The number of hydrogen-bond donors (Lipinski definition) is 1. The molecule has 31 heavy (non-hydrogen) atoms. The van der Waals surface area contributed by atoms with Crippen LogP contribution in [0, 0.1) is 6.92 Å². The van der Waals surface area contributed by atoms with Crippen molar-refractivity contribution in [2.75, 3.05) is 16.8 Å². The van der Waals surface area contributed by atoms with Crippen molar-refractivity contribution in [3.8, 4) is 5.88 Å². The highest BCUT2D eigenvalue weighted by Gasteiger charge is 2.35. The fourth-order valence-electron chi connectivity index (χ4n) is 3.21. The van der Waals surface area contributed by atoms with Gasteiger partial charge in [-0.15, -0.1) is 0 Å². The van der Waals surface area contributed by atoms with Gasteiger partial charge in [0.15, 0.2) is 0 Å². The Morgan fingerprint density at radius 3 is 2.90 bits per heavy atom. The summed E-state index contributed by atoms with van der Waals surface area (Å²) in [5.41, 5.74) is -0.179.